The second-order valence-electron chi connectivity index (χ2n) is 4.97. The van der Waals surface area contributed by atoms with Crippen LogP contribution in [0.3, 0.4) is 0 Å². The first-order chi connectivity index (χ1) is 8.16. The standard InChI is InChI=1S/C14H21NO2/c1-10-6-7-13(16)11(8-10)9-15-12-4-2-3-5-14(12)17/h6-8,12,14-17H,2-5,9H2,1H3. The van der Waals surface area contributed by atoms with Crippen LogP contribution in [0.15, 0.2) is 18.2 Å². The Bertz CT molecular complexity index is 378. The normalized spacial score (nSPS) is 24.8. The highest BCUT2D eigenvalue weighted by Gasteiger charge is 2.22. The molecule has 0 aliphatic heterocycles. The van der Waals surface area contributed by atoms with E-state index in [-0.39, 0.29) is 12.1 Å². The fourth-order valence-electron chi connectivity index (χ4n) is 2.45. The molecule has 0 amide bonds. The lowest BCUT2D eigenvalue weighted by Gasteiger charge is -2.28. The summed E-state index contributed by atoms with van der Waals surface area (Å²) in [7, 11) is 0. The molecule has 0 heterocycles. The molecule has 2 rings (SSSR count). The molecule has 1 saturated carbocycles. The molecule has 1 aliphatic rings. The molecule has 2 unspecified atom stereocenters. The van der Waals surface area contributed by atoms with Crippen LogP contribution in [-0.4, -0.2) is 22.4 Å². The van der Waals surface area contributed by atoms with E-state index >= 15 is 0 Å². The van der Waals surface area contributed by atoms with Gasteiger partial charge in [-0.05, 0) is 25.8 Å². The number of rotatable bonds is 3. The maximum atomic E-state index is 9.85. The molecule has 0 aromatic heterocycles. The van der Waals surface area contributed by atoms with Crippen LogP contribution in [0.4, 0.5) is 0 Å². The van der Waals surface area contributed by atoms with Gasteiger partial charge in [0.15, 0.2) is 0 Å². The Morgan fingerprint density at radius 2 is 2.06 bits per heavy atom. The minimum atomic E-state index is -0.240. The van der Waals surface area contributed by atoms with Crippen molar-refractivity contribution in [3.8, 4) is 5.75 Å². The number of nitrogens with one attached hydrogen (secondary N) is 1. The molecule has 2 atom stereocenters. The highest BCUT2D eigenvalue weighted by molar-refractivity contribution is 5.35. The predicted octanol–water partition coefficient (Wildman–Crippen LogP) is 2.09. The van der Waals surface area contributed by atoms with E-state index in [2.05, 4.69) is 5.32 Å². The van der Waals surface area contributed by atoms with Gasteiger partial charge in [0.25, 0.3) is 0 Å². The molecule has 0 bridgehead atoms. The topological polar surface area (TPSA) is 52.5 Å². The lowest BCUT2D eigenvalue weighted by molar-refractivity contribution is 0.0901. The second kappa shape index (κ2) is 5.52. The molecule has 0 saturated heterocycles. The zero-order valence-corrected chi connectivity index (χ0v) is 10.3. The van der Waals surface area contributed by atoms with Gasteiger partial charge >= 0.3 is 0 Å². The first kappa shape index (κ1) is 12.4. The second-order valence-corrected chi connectivity index (χ2v) is 4.97. The Balaban J connectivity index is 1.94. The van der Waals surface area contributed by atoms with Gasteiger partial charge in [0, 0.05) is 18.2 Å². The third kappa shape index (κ3) is 3.20. The molecule has 17 heavy (non-hydrogen) atoms. The van der Waals surface area contributed by atoms with Gasteiger partial charge in [-0.3, -0.25) is 0 Å². The molecule has 0 spiro atoms. The number of phenols is 1. The number of aromatic hydroxyl groups is 1. The largest absolute Gasteiger partial charge is 0.508 e. The van der Waals surface area contributed by atoms with Gasteiger partial charge in [-0.15, -0.1) is 0 Å². The number of phenolic OH excluding ortho intramolecular Hbond substituents is 1. The van der Waals surface area contributed by atoms with Crippen LogP contribution >= 0.6 is 0 Å². The molecule has 3 N–H and O–H groups in total. The van der Waals surface area contributed by atoms with Crippen LogP contribution in [0.25, 0.3) is 0 Å². The fourth-order valence-corrected chi connectivity index (χ4v) is 2.45. The molecule has 1 aromatic carbocycles. The lowest BCUT2D eigenvalue weighted by atomic mass is 9.92. The molecule has 1 aromatic rings. The summed E-state index contributed by atoms with van der Waals surface area (Å²) in [6.07, 6.45) is 3.96. The zero-order valence-electron chi connectivity index (χ0n) is 10.3. The Morgan fingerprint density at radius 3 is 2.82 bits per heavy atom. The van der Waals surface area contributed by atoms with Crippen molar-refractivity contribution < 1.29 is 10.2 Å². The third-order valence-corrected chi connectivity index (χ3v) is 3.52. The van der Waals surface area contributed by atoms with E-state index in [4.69, 9.17) is 0 Å². The van der Waals surface area contributed by atoms with E-state index in [0.717, 1.165) is 30.4 Å². The van der Waals surface area contributed by atoms with Crippen molar-refractivity contribution in [2.75, 3.05) is 0 Å². The summed E-state index contributed by atoms with van der Waals surface area (Å²) in [6.45, 7) is 2.63. The van der Waals surface area contributed by atoms with Gasteiger partial charge in [0.2, 0.25) is 0 Å². The number of hydrogen-bond acceptors (Lipinski definition) is 3. The number of benzene rings is 1. The quantitative estimate of drug-likeness (QED) is 0.752. The Labute approximate surface area is 102 Å². The molecular formula is C14H21NO2. The number of aliphatic hydroxyl groups is 1. The molecule has 0 radical (unpaired) electrons. The molecular weight excluding hydrogens is 214 g/mol. The van der Waals surface area contributed by atoms with Crippen LogP contribution < -0.4 is 5.32 Å². The highest BCUT2D eigenvalue weighted by Crippen LogP contribution is 2.21. The van der Waals surface area contributed by atoms with E-state index in [1.165, 1.54) is 6.42 Å². The molecule has 1 fully saturated rings. The van der Waals surface area contributed by atoms with Crippen molar-refractivity contribution in [3.05, 3.63) is 29.3 Å². The van der Waals surface area contributed by atoms with E-state index in [0.29, 0.717) is 12.3 Å². The monoisotopic (exact) mass is 235 g/mol. The van der Waals surface area contributed by atoms with Crippen LogP contribution in [0, 0.1) is 6.92 Å². The van der Waals surface area contributed by atoms with Gasteiger partial charge in [-0.25, -0.2) is 0 Å². The van der Waals surface area contributed by atoms with Crippen LogP contribution in [0.2, 0.25) is 0 Å². The Hall–Kier alpha value is -1.06. The van der Waals surface area contributed by atoms with E-state index < -0.39 is 0 Å². The minimum Gasteiger partial charge on any atom is -0.508 e. The number of hydrogen-bond donors (Lipinski definition) is 3. The summed E-state index contributed by atoms with van der Waals surface area (Å²) in [5, 5.41) is 22.9. The Kier molecular flexibility index (Phi) is 4.02. The van der Waals surface area contributed by atoms with Crippen molar-refractivity contribution in [2.45, 2.75) is 51.3 Å². The van der Waals surface area contributed by atoms with Gasteiger partial charge in [-0.1, -0.05) is 30.5 Å². The maximum absolute atomic E-state index is 9.85. The third-order valence-electron chi connectivity index (χ3n) is 3.52. The van der Waals surface area contributed by atoms with Crippen LogP contribution in [0.5, 0.6) is 5.75 Å². The molecule has 94 valence electrons. The first-order valence-electron chi connectivity index (χ1n) is 6.37. The van der Waals surface area contributed by atoms with Crippen LogP contribution in [0.1, 0.15) is 36.8 Å². The first-order valence-corrected chi connectivity index (χ1v) is 6.37. The highest BCUT2D eigenvalue weighted by atomic mass is 16.3. The average Bonchev–Trinajstić information content (AvgIpc) is 2.32. The van der Waals surface area contributed by atoms with Crippen molar-refractivity contribution in [1.29, 1.82) is 0 Å². The van der Waals surface area contributed by atoms with Crippen molar-refractivity contribution in [2.24, 2.45) is 0 Å². The summed E-state index contributed by atoms with van der Waals surface area (Å²) >= 11 is 0. The summed E-state index contributed by atoms with van der Waals surface area (Å²) in [4.78, 5) is 0. The van der Waals surface area contributed by atoms with Crippen molar-refractivity contribution >= 4 is 0 Å². The van der Waals surface area contributed by atoms with Gasteiger partial charge in [0.1, 0.15) is 5.75 Å². The van der Waals surface area contributed by atoms with E-state index in [1.807, 2.05) is 19.1 Å². The van der Waals surface area contributed by atoms with Gasteiger partial charge < -0.3 is 15.5 Å². The number of aryl methyl sites for hydroxylation is 1. The zero-order chi connectivity index (χ0) is 12.3. The summed E-state index contributed by atoms with van der Waals surface area (Å²) in [5.74, 6) is 0.327. The molecule has 1 aliphatic carbocycles. The minimum absolute atomic E-state index is 0.170. The molecule has 3 nitrogen and oxygen atoms in total. The number of aliphatic hydroxyl groups excluding tert-OH is 1. The van der Waals surface area contributed by atoms with Crippen molar-refractivity contribution in [1.82, 2.24) is 5.32 Å². The smallest absolute Gasteiger partial charge is 0.120 e. The summed E-state index contributed by atoms with van der Waals surface area (Å²) in [5.41, 5.74) is 2.05. The Morgan fingerprint density at radius 1 is 1.29 bits per heavy atom. The molecule has 3 heteroatoms. The van der Waals surface area contributed by atoms with Gasteiger partial charge in [-0.2, -0.15) is 0 Å². The van der Waals surface area contributed by atoms with Crippen LogP contribution in [-0.2, 0) is 6.54 Å². The van der Waals surface area contributed by atoms with E-state index in [1.54, 1.807) is 6.07 Å². The predicted molar refractivity (Wildman–Crippen MR) is 67.9 cm³/mol. The summed E-state index contributed by atoms with van der Waals surface area (Å²) in [6, 6.07) is 5.78. The van der Waals surface area contributed by atoms with E-state index in [9.17, 15) is 10.2 Å². The lowest BCUT2D eigenvalue weighted by Crippen LogP contribution is -2.41. The van der Waals surface area contributed by atoms with Gasteiger partial charge in [0.05, 0.1) is 6.10 Å². The fraction of sp³-hybridized carbons (Fsp3) is 0.571. The summed E-state index contributed by atoms with van der Waals surface area (Å²) < 4.78 is 0. The maximum Gasteiger partial charge on any atom is 0.120 e. The SMILES string of the molecule is Cc1ccc(O)c(CNC2CCCCC2O)c1. The average molecular weight is 235 g/mol. The van der Waals surface area contributed by atoms with Crippen molar-refractivity contribution in [3.63, 3.8) is 0 Å².